The number of hydrogen-bond donors (Lipinski definition) is 1. The summed E-state index contributed by atoms with van der Waals surface area (Å²) in [5.41, 5.74) is 2.54. The zero-order valence-electron chi connectivity index (χ0n) is 14.4. The fraction of sp³-hybridized carbons (Fsp3) is 0.350. The number of carbonyl (C=O) groups excluding carboxylic acids is 1. The first-order valence-corrected chi connectivity index (χ1v) is 8.30. The van der Waals surface area contributed by atoms with Crippen molar-refractivity contribution in [1.82, 2.24) is 10.2 Å². The maximum absolute atomic E-state index is 12.1. The van der Waals surface area contributed by atoms with Crippen LogP contribution in [0.5, 0.6) is 0 Å². The number of nitrogens with one attached hydrogen (secondary N) is 1. The predicted octanol–water partition coefficient (Wildman–Crippen LogP) is 3.50. The first-order chi connectivity index (χ1) is 11.7. The lowest BCUT2D eigenvalue weighted by molar-refractivity contribution is 0.159. The van der Waals surface area contributed by atoms with E-state index >= 15 is 0 Å². The Morgan fingerprint density at radius 1 is 1.04 bits per heavy atom. The van der Waals surface area contributed by atoms with Crippen LogP contribution in [0, 0.1) is 0 Å². The van der Waals surface area contributed by atoms with Gasteiger partial charge in [0.05, 0.1) is 6.61 Å². The zero-order valence-corrected chi connectivity index (χ0v) is 14.4. The van der Waals surface area contributed by atoms with Gasteiger partial charge in [-0.05, 0) is 17.5 Å². The van der Waals surface area contributed by atoms with Gasteiger partial charge in [-0.15, -0.1) is 0 Å². The average molecular weight is 326 g/mol. The summed E-state index contributed by atoms with van der Waals surface area (Å²) >= 11 is 0. The van der Waals surface area contributed by atoms with E-state index in [2.05, 4.69) is 53.8 Å². The van der Waals surface area contributed by atoms with Gasteiger partial charge >= 0.3 is 6.03 Å². The number of hydrogen-bond acceptors (Lipinski definition) is 2. The van der Waals surface area contributed by atoms with Crippen LogP contribution in [-0.2, 0) is 4.74 Å². The monoisotopic (exact) mass is 326 g/mol. The normalized spacial score (nSPS) is 10.6. The van der Waals surface area contributed by atoms with Crippen LogP contribution in [0.4, 0.5) is 4.79 Å². The van der Waals surface area contributed by atoms with Gasteiger partial charge in [0.25, 0.3) is 0 Å². The van der Waals surface area contributed by atoms with Crippen molar-refractivity contribution in [2.45, 2.75) is 12.3 Å². The summed E-state index contributed by atoms with van der Waals surface area (Å²) < 4.78 is 5.00. The second-order valence-corrected chi connectivity index (χ2v) is 5.81. The summed E-state index contributed by atoms with van der Waals surface area (Å²) in [5.74, 6) is 0.275. The molecule has 0 bridgehead atoms. The zero-order chi connectivity index (χ0) is 17.2. The third kappa shape index (κ3) is 5.39. The minimum absolute atomic E-state index is 0.0630. The van der Waals surface area contributed by atoms with Crippen LogP contribution in [-0.4, -0.2) is 44.8 Å². The minimum atomic E-state index is -0.0630. The molecule has 128 valence electrons. The molecule has 2 aromatic rings. The van der Waals surface area contributed by atoms with E-state index in [1.165, 1.54) is 11.1 Å². The largest absolute Gasteiger partial charge is 0.383 e. The fourth-order valence-corrected chi connectivity index (χ4v) is 2.68. The molecule has 0 saturated carbocycles. The lowest BCUT2D eigenvalue weighted by Crippen LogP contribution is -2.39. The molecule has 0 aliphatic carbocycles. The van der Waals surface area contributed by atoms with Crippen LogP contribution >= 0.6 is 0 Å². The number of carbonyl (C=O) groups is 1. The van der Waals surface area contributed by atoms with E-state index in [-0.39, 0.29) is 11.9 Å². The molecule has 0 fully saturated rings. The predicted molar refractivity (Wildman–Crippen MR) is 97.2 cm³/mol. The van der Waals surface area contributed by atoms with Crippen molar-refractivity contribution in [2.75, 3.05) is 33.9 Å². The molecule has 0 aromatic heterocycles. The summed E-state index contributed by atoms with van der Waals surface area (Å²) in [6, 6.07) is 20.8. The molecule has 0 heterocycles. The number of rotatable bonds is 8. The molecule has 0 spiro atoms. The number of ether oxygens (including phenoxy) is 1. The Labute approximate surface area is 144 Å². The standard InChI is InChI=1S/C20H26N2O2/c1-22(15-16-24-2)20(23)21-14-13-19(17-9-5-3-6-10-17)18-11-7-4-8-12-18/h3-12,19H,13-16H2,1-2H3,(H,21,23). The van der Waals surface area contributed by atoms with E-state index in [0.717, 1.165) is 6.42 Å². The summed E-state index contributed by atoms with van der Waals surface area (Å²) in [5, 5.41) is 2.99. The van der Waals surface area contributed by atoms with Crippen LogP contribution in [0.2, 0.25) is 0 Å². The van der Waals surface area contributed by atoms with Crippen molar-refractivity contribution in [3.63, 3.8) is 0 Å². The maximum Gasteiger partial charge on any atom is 0.317 e. The number of nitrogens with zero attached hydrogens (tertiary/aromatic N) is 1. The molecule has 2 amide bonds. The molecule has 0 radical (unpaired) electrons. The topological polar surface area (TPSA) is 41.6 Å². The summed E-state index contributed by atoms with van der Waals surface area (Å²) in [4.78, 5) is 13.7. The molecule has 0 aliphatic rings. The molecule has 0 saturated heterocycles. The van der Waals surface area contributed by atoms with Gasteiger partial charge in [0.2, 0.25) is 0 Å². The molecule has 0 atom stereocenters. The third-order valence-corrected chi connectivity index (χ3v) is 4.09. The Morgan fingerprint density at radius 3 is 2.08 bits per heavy atom. The van der Waals surface area contributed by atoms with Crippen molar-refractivity contribution in [2.24, 2.45) is 0 Å². The van der Waals surface area contributed by atoms with E-state index in [1.54, 1.807) is 19.1 Å². The highest BCUT2D eigenvalue weighted by molar-refractivity contribution is 5.73. The van der Waals surface area contributed by atoms with Gasteiger partial charge in [-0.3, -0.25) is 0 Å². The molecule has 0 aliphatic heterocycles. The van der Waals surface area contributed by atoms with Crippen LogP contribution in [0.1, 0.15) is 23.5 Å². The Balaban J connectivity index is 1.96. The number of methoxy groups -OCH3 is 1. The van der Waals surface area contributed by atoms with Crippen molar-refractivity contribution in [3.05, 3.63) is 71.8 Å². The number of likely N-dealkylation sites (N-methyl/N-ethyl adjacent to an activating group) is 1. The van der Waals surface area contributed by atoms with Gasteiger partial charge < -0.3 is 15.0 Å². The summed E-state index contributed by atoms with van der Waals surface area (Å²) in [6.07, 6.45) is 0.859. The molecular weight excluding hydrogens is 300 g/mol. The van der Waals surface area contributed by atoms with Gasteiger partial charge in [-0.1, -0.05) is 60.7 Å². The molecule has 2 rings (SSSR count). The molecule has 4 nitrogen and oxygen atoms in total. The van der Waals surface area contributed by atoms with E-state index in [9.17, 15) is 4.79 Å². The fourth-order valence-electron chi connectivity index (χ4n) is 2.68. The number of benzene rings is 2. The van der Waals surface area contributed by atoms with Gasteiger partial charge in [0.15, 0.2) is 0 Å². The Kier molecular flexibility index (Phi) is 7.30. The quantitative estimate of drug-likeness (QED) is 0.807. The van der Waals surface area contributed by atoms with Gasteiger partial charge in [-0.25, -0.2) is 4.79 Å². The molecular formula is C20H26N2O2. The van der Waals surface area contributed by atoms with E-state index in [1.807, 2.05) is 12.1 Å². The highest BCUT2D eigenvalue weighted by Gasteiger charge is 2.15. The average Bonchev–Trinajstić information content (AvgIpc) is 2.64. The summed E-state index contributed by atoms with van der Waals surface area (Å²) in [7, 11) is 3.41. The van der Waals surface area contributed by atoms with E-state index in [4.69, 9.17) is 4.74 Å². The van der Waals surface area contributed by atoms with Crippen LogP contribution in [0.15, 0.2) is 60.7 Å². The smallest absolute Gasteiger partial charge is 0.317 e. The highest BCUT2D eigenvalue weighted by Crippen LogP contribution is 2.27. The maximum atomic E-state index is 12.1. The van der Waals surface area contributed by atoms with Crippen molar-refractivity contribution >= 4 is 6.03 Å². The van der Waals surface area contributed by atoms with Crippen LogP contribution < -0.4 is 5.32 Å². The van der Waals surface area contributed by atoms with E-state index < -0.39 is 0 Å². The second kappa shape index (κ2) is 9.73. The molecule has 1 N–H and O–H groups in total. The van der Waals surface area contributed by atoms with Crippen LogP contribution in [0.3, 0.4) is 0 Å². The highest BCUT2D eigenvalue weighted by atomic mass is 16.5. The van der Waals surface area contributed by atoms with E-state index in [0.29, 0.717) is 19.7 Å². The van der Waals surface area contributed by atoms with Crippen LogP contribution in [0.25, 0.3) is 0 Å². The first kappa shape index (κ1) is 18.0. The molecule has 24 heavy (non-hydrogen) atoms. The number of urea groups is 1. The number of amides is 2. The Morgan fingerprint density at radius 2 is 1.58 bits per heavy atom. The Hall–Kier alpha value is -2.33. The van der Waals surface area contributed by atoms with Gasteiger partial charge in [0, 0.05) is 33.2 Å². The van der Waals surface area contributed by atoms with Gasteiger partial charge in [0.1, 0.15) is 0 Å². The third-order valence-electron chi connectivity index (χ3n) is 4.09. The first-order valence-electron chi connectivity index (χ1n) is 8.30. The Bertz CT molecular complexity index is 562. The SMILES string of the molecule is COCCN(C)C(=O)NCCC(c1ccccc1)c1ccccc1. The molecule has 2 aromatic carbocycles. The van der Waals surface area contributed by atoms with Gasteiger partial charge in [-0.2, -0.15) is 0 Å². The minimum Gasteiger partial charge on any atom is -0.383 e. The van der Waals surface area contributed by atoms with Crippen molar-refractivity contribution in [3.8, 4) is 0 Å². The molecule has 0 unspecified atom stereocenters. The lowest BCUT2D eigenvalue weighted by atomic mass is 9.88. The van der Waals surface area contributed by atoms with Crippen molar-refractivity contribution in [1.29, 1.82) is 0 Å². The second-order valence-electron chi connectivity index (χ2n) is 5.81. The molecule has 4 heteroatoms. The summed E-state index contributed by atoms with van der Waals surface area (Å²) in [6.45, 7) is 1.76. The van der Waals surface area contributed by atoms with Crippen molar-refractivity contribution < 1.29 is 9.53 Å². The lowest BCUT2D eigenvalue weighted by Gasteiger charge is -2.21.